The maximum atomic E-state index is 5.04. The average molecular weight is 103 g/mol. The normalized spacial score (nSPS) is 8.14. The van der Waals surface area contributed by atoms with Gasteiger partial charge in [0.1, 0.15) is 0 Å². The maximum absolute atomic E-state index is 5.04. The highest BCUT2D eigenvalue weighted by atomic mass is 16.7. The van der Waals surface area contributed by atoms with Crippen molar-refractivity contribution in [1.82, 2.24) is 5.59 Å². The molecule has 0 aromatic carbocycles. The standard InChI is InChI=1S/C3H9N3O/c1-5-6-7-3-2-4/h6H,1-4H2. The number of rotatable bonds is 4. The van der Waals surface area contributed by atoms with Crippen molar-refractivity contribution in [3.05, 3.63) is 0 Å². The van der Waals surface area contributed by atoms with Gasteiger partial charge in [-0.15, -0.1) is 0 Å². The second kappa shape index (κ2) is 5.39. The van der Waals surface area contributed by atoms with Crippen molar-refractivity contribution in [1.29, 1.82) is 0 Å². The molecule has 0 rings (SSSR count). The lowest BCUT2D eigenvalue weighted by Gasteiger charge is -1.94. The Morgan fingerprint density at radius 1 is 1.86 bits per heavy atom. The molecule has 0 atom stereocenters. The van der Waals surface area contributed by atoms with Crippen molar-refractivity contribution in [3.63, 3.8) is 0 Å². The minimum atomic E-state index is 0.457. The van der Waals surface area contributed by atoms with Crippen LogP contribution in [-0.4, -0.2) is 19.9 Å². The third-order valence-corrected chi connectivity index (χ3v) is 0.349. The van der Waals surface area contributed by atoms with Crippen LogP contribution in [0.25, 0.3) is 0 Å². The van der Waals surface area contributed by atoms with Crippen LogP contribution in [0.2, 0.25) is 0 Å². The first-order chi connectivity index (χ1) is 3.41. The molecular formula is C3H9N3O. The zero-order valence-corrected chi connectivity index (χ0v) is 4.05. The summed E-state index contributed by atoms with van der Waals surface area (Å²) in [5, 5.41) is 3.20. The molecule has 3 N–H and O–H groups in total. The Morgan fingerprint density at radius 2 is 2.57 bits per heavy atom. The summed E-state index contributed by atoms with van der Waals surface area (Å²) in [6, 6.07) is 0. The predicted octanol–water partition coefficient (Wildman–Crippen LogP) is -0.918. The van der Waals surface area contributed by atoms with Gasteiger partial charge in [-0.2, -0.15) is 10.7 Å². The number of nitrogens with two attached hydrogens (primary N) is 1. The van der Waals surface area contributed by atoms with Gasteiger partial charge in [-0.05, 0) is 0 Å². The van der Waals surface area contributed by atoms with E-state index >= 15 is 0 Å². The summed E-state index contributed by atoms with van der Waals surface area (Å²) in [7, 11) is 0. The molecular weight excluding hydrogens is 94.1 g/mol. The van der Waals surface area contributed by atoms with E-state index < -0.39 is 0 Å². The highest BCUT2D eigenvalue weighted by Gasteiger charge is 1.73. The van der Waals surface area contributed by atoms with E-state index in [4.69, 9.17) is 5.73 Å². The van der Waals surface area contributed by atoms with Gasteiger partial charge in [0.05, 0.1) is 6.61 Å². The van der Waals surface area contributed by atoms with Gasteiger partial charge in [0.15, 0.2) is 0 Å². The summed E-state index contributed by atoms with van der Waals surface area (Å²) in [6.45, 7) is 4.05. The molecule has 0 saturated carbocycles. The summed E-state index contributed by atoms with van der Waals surface area (Å²) < 4.78 is 0. The van der Waals surface area contributed by atoms with E-state index in [9.17, 15) is 0 Å². The van der Waals surface area contributed by atoms with E-state index in [1.165, 1.54) is 0 Å². The van der Waals surface area contributed by atoms with Crippen LogP contribution < -0.4 is 11.3 Å². The van der Waals surface area contributed by atoms with E-state index in [0.717, 1.165) is 0 Å². The average Bonchev–Trinajstić information content (AvgIpc) is 1.69. The van der Waals surface area contributed by atoms with Crippen LogP contribution in [0.5, 0.6) is 0 Å². The van der Waals surface area contributed by atoms with Gasteiger partial charge in [0.2, 0.25) is 0 Å². The van der Waals surface area contributed by atoms with Gasteiger partial charge < -0.3 is 5.73 Å². The van der Waals surface area contributed by atoms with Crippen LogP contribution >= 0.6 is 0 Å². The van der Waals surface area contributed by atoms with Gasteiger partial charge in [-0.3, -0.25) is 4.84 Å². The van der Waals surface area contributed by atoms with Crippen molar-refractivity contribution in [3.8, 4) is 0 Å². The molecule has 0 fully saturated rings. The van der Waals surface area contributed by atoms with Crippen molar-refractivity contribution in [2.24, 2.45) is 10.8 Å². The lowest BCUT2D eigenvalue weighted by atomic mass is 10.8. The smallest absolute Gasteiger partial charge is 0.0886 e. The van der Waals surface area contributed by atoms with Gasteiger partial charge >= 0.3 is 0 Å². The van der Waals surface area contributed by atoms with Crippen LogP contribution in [0, 0.1) is 0 Å². The molecule has 42 valence electrons. The quantitative estimate of drug-likeness (QED) is 0.275. The highest BCUT2D eigenvalue weighted by molar-refractivity contribution is 5.21. The topological polar surface area (TPSA) is 59.6 Å². The first-order valence-corrected chi connectivity index (χ1v) is 1.94. The van der Waals surface area contributed by atoms with Crippen molar-refractivity contribution >= 4 is 6.72 Å². The van der Waals surface area contributed by atoms with Crippen molar-refractivity contribution in [2.75, 3.05) is 13.2 Å². The molecule has 0 aliphatic rings. The second-order valence-corrected chi connectivity index (χ2v) is 0.887. The first-order valence-electron chi connectivity index (χ1n) is 1.94. The van der Waals surface area contributed by atoms with E-state index in [1.54, 1.807) is 0 Å². The minimum absolute atomic E-state index is 0.457. The number of nitrogens with zero attached hydrogens (tertiary/aromatic N) is 1. The van der Waals surface area contributed by atoms with E-state index in [2.05, 4.69) is 22.2 Å². The zero-order valence-electron chi connectivity index (χ0n) is 4.05. The molecule has 0 bridgehead atoms. The van der Waals surface area contributed by atoms with E-state index in [1.807, 2.05) is 0 Å². The minimum Gasteiger partial charge on any atom is -0.328 e. The van der Waals surface area contributed by atoms with Gasteiger partial charge in [0.25, 0.3) is 0 Å². The number of nitrogens with one attached hydrogen (secondary N) is 1. The third kappa shape index (κ3) is 5.39. The molecule has 0 aromatic heterocycles. The molecule has 4 nitrogen and oxygen atoms in total. The zero-order chi connectivity index (χ0) is 5.54. The molecule has 0 heterocycles. The first kappa shape index (κ1) is 6.39. The third-order valence-electron chi connectivity index (χ3n) is 0.349. The van der Waals surface area contributed by atoms with Crippen molar-refractivity contribution in [2.45, 2.75) is 0 Å². The molecule has 4 heteroatoms. The SMILES string of the molecule is C=NNOCCN. The van der Waals surface area contributed by atoms with Crippen LogP contribution in [0.15, 0.2) is 5.10 Å². The predicted molar refractivity (Wildman–Crippen MR) is 27.7 cm³/mol. The summed E-state index contributed by atoms with van der Waals surface area (Å²) >= 11 is 0. The Morgan fingerprint density at radius 3 is 3.00 bits per heavy atom. The summed E-state index contributed by atoms with van der Waals surface area (Å²) in [5.41, 5.74) is 7.23. The second-order valence-electron chi connectivity index (χ2n) is 0.887. The van der Waals surface area contributed by atoms with Crippen molar-refractivity contribution < 1.29 is 4.84 Å². The Balaban J connectivity index is 2.56. The lowest BCUT2D eigenvalue weighted by molar-refractivity contribution is 0.0497. The van der Waals surface area contributed by atoms with Gasteiger partial charge in [0, 0.05) is 13.3 Å². The molecule has 0 saturated heterocycles. The molecule has 0 spiro atoms. The molecule has 0 radical (unpaired) electrons. The van der Waals surface area contributed by atoms with Crippen LogP contribution in [0.3, 0.4) is 0 Å². The van der Waals surface area contributed by atoms with E-state index in [0.29, 0.717) is 13.2 Å². The fourth-order valence-corrected chi connectivity index (χ4v) is 0.150. The molecule has 7 heavy (non-hydrogen) atoms. The molecule has 0 unspecified atom stereocenters. The summed E-state index contributed by atoms with van der Waals surface area (Å²) in [4.78, 5) is 4.53. The fraction of sp³-hybridized carbons (Fsp3) is 0.667. The van der Waals surface area contributed by atoms with Gasteiger partial charge in [-0.25, -0.2) is 0 Å². The largest absolute Gasteiger partial charge is 0.328 e. The van der Waals surface area contributed by atoms with Crippen LogP contribution in [0.1, 0.15) is 0 Å². The number of hydrogen-bond acceptors (Lipinski definition) is 4. The summed E-state index contributed by atoms with van der Waals surface area (Å²) in [5.74, 6) is 0. The highest BCUT2D eigenvalue weighted by Crippen LogP contribution is 1.58. The van der Waals surface area contributed by atoms with Gasteiger partial charge in [-0.1, -0.05) is 0 Å². The Labute approximate surface area is 42.3 Å². The maximum Gasteiger partial charge on any atom is 0.0886 e. The van der Waals surface area contributed by atoms with E-state index in [-0.39, 0.29) is 0 Å². The fourth-order valence-electron chi connectivity index (χ4n) is 0.150. The molecule has 0 aliphatic carbocycles. The Kier molecular flexibility index (Phi) is 4.92. The molecule has 0 aromatic rings. The Hall–Kier alpha value is -0.610. The molecule has 0 amide bonds. The number of hydrazone groups is 1. The number of hydrogen-bond donors (Lipinski definition) is 2. The molecule has 0 aliphatic heterocycles. The summed E-state index contributed by atoms with van der Waals surface area (Å²) in [6.07, 6.45) is 0. The van der Waals surface area contributed by atoms with Crippen LogP contribution in [-0.2, 0) is 4.84 Å². The van der Waals surface area contributed by atoms with Crippen LogP contribution in [0.4, 0.5) is 0 Å². The Bertz CT molecular complexity index is 47.4. The lowest BCUT2D eigenvalue weighted by Crippen LogP contribution is -2.14. The monoisotopic (exact) mass is 103 g/mol.